The summed E-state index contributed by atoms with van der Waals surface area (Å²) in [6, 6.07) is 11.8. The zero-order valence-electron chi connectivity index (χ0n) is 19.1. The van der Waals surface area contributed by atoms with Gasteiger partial charge in [-0.3, -0.25) is 9.48 Å². The monoisotopic (exact) mass is 442 g/mol. The highest BCUT2D eigenvalue weighted by molar-refractivity contribution is 5.86. The lowest BCUT2D eigenvalue weighted by atomic mass is 9.94. The Labute approximate surface area is 192 Å². The van der Waals surface area contributed by atoms with Gasteiger partial charge in [0, 0.05) is 23.5 Å². The van der Waals surface area contributed by atoms with Crippen molar-refractivity contribution >= 4 is 11.5 Å². The second-order valence-corrected chi connectivity index (χ2v) is 9.27. The van der Waals surface area contributed by atoms with Crippen LogP contribution in [-0.4, -0.2) is 41.2 Å². The van der Waals surface area contributed by atoms with Crippen molar-refractivity contribution in [2.45, 2.75) is 39.8 Å². The molecule has 0 saturated heterocycles. The molecule has 2 N–H and O–H groups in total. The Balaban J connectivity index is 1.68. The number of fused-ring (bicyclic) bond motifs is 1. The van der Waals surface area contributed by atoms with E-state index in [9.17, 15) is 15.0 Å². The third-order valence-corrected chi connectivity index (χ3v) is 5.30. The minimum Gasteiger partial charge on any atom is -0.480 e. The Bertz CT molecular complexity index is 1380. The topological polar surface area (TPSA) is 92.6 Å². The molecule has 33 heavy (non-hydrogen) atoms. The molecule has 7 nitrogen and oxygen atoms in total. The molecule has 0 fully saturated rings. The van der Waals surface area contributed by atoms with Crippen molar-refractivity contribution in [1.82, 2.24) is 19.4 Å². The van der Waals surface area contributed by atoms with E-state index in [-0.39, 0.29) is 0 Å². The number of carboxylic acids is 1. The smallest absolute Gasteiger partial charge is 0.321 e. The minimum atomic E-state index is -1.15. The fourth-order valence-electron chi connectivity index (χ4n) is 3.47. The first-order chi connectivity index (χ1) is 15.5. The summed E-state index contributed by atoms with van der Waals surface area (Å²) in [6.45, 7) is 7.08. The Morgan fingerprint density at radius 1 is 1.00 bits per heavy atom. The van der Waals surface area contributed by atoms with Crippen molar-refractivity contribution in [3.8, 4) is 34.1 Å². The first-order valence-electron chi connectivity index (χ1n) is 10.6. The maximum atomic E-state index is 11.4. The van der Waals surface area contributed by atoms with E-state index in [0.29, 0.717) is 6.54 Å². The van der Waals surface area contributed by atoms with Crippen molar-refractivity contribution in [1.29, 1.82) is 0 Å². The lowest BCUT2D eigenvalue weighted by Gasteiger charge is -2.16. The molecule has 168 valence electrons. The summed E-state index contributed by atoms with van der Waals surface area (Å²) < 4.78 is 3.49. The van der Waals surface area contributed by atoms with E-state index in [1.54, 1.807) is 49.3 Å². The molecule has 3 aromatic heterocycles. The fraction of sp³-hybridized carbons (Fsp3) is 0.269. The van der Waals surface area contributed by atoms with Crippen LogP contribution < -0.4 is 0 Å². The van der Waals surface area contributed by atoms with Crippen LogP contribution in [0.15, 0.2) is 61.2 Å². The van der Waals surface area contributed by atoms with Gasteiger partial charge in [0.25, 0.3) is 0 Å². The van der Waals surface area contributed by atoms with Crippen molar-refractivity contribution in [3.05, 3.63) is 66.7 Å². The summed E-state index contributed by atoms with van der Waals surface area (Å²) in [7, 11) is 0. The summed E-state index contributed by atoms with van der Waals surface area (Å²) in [5.41, 5.74) is 3.44. The third-order valence-electron chi connectivity index (χ3n) is 5.30. The van der Waals surface area contributed by atoms with Gasteiger partial charge in [-0.1, -0.05) is 36.1 Å². The second kappa shape index (κ2) is 8.23. The van der Waals surface area contributed by atoms with Crippen molar-refractivity contribution in [2.75, 3.05) is 0 Å². The predicted octanol–water partition coefficient (Wildman–Crippen LogP) is 4.10. The highest BCUT2D eigenvalue weighted by Gasteiger charge is 2.24. The van der Waals surface area contributed by atoms with E-state index in [1.807, 2.05) is 48.8 Å². The number of aliphatic hydroxyl groups is 1. The van der Waals surface area contributed by atoms with E-state index in [4.69, 9.17) is 0 Å². The Hall–Kier alpha value is -3.89. The Morgan fingerprint density at radius 2 is 1.70 bits per heavy atom. The summed E-state index contributed by atoms with van der Waals surface area (Å²) in [6.07, 6.45) is 7.34. The lowest BCUT2D eigenvalue weighted by Crippen LogP contribution is -2.26. The number of benzene rings is 1. The van der Waals surface area contributed by atoms with Gasteiger partial charge >= 0.3 is 5.97 Å². The normalized spacial score (nSPS) is 11.9. The van der Waals surface area contributed by atoms with Gasteiger partial charge < -0.3 is 10.2 Å². The van der Waals surface area contributed by atoms with Crippen LogP contribution in [-0.2, 0) is 11.3 Å². The van der Waals surface area contributed by atoms with E-state index in [0.717, 1.165) is 33.3 Å². The second-order valence-electron chi connectivity index (χ2n) is 9.27. The number of hydrogen-bond donors (Lipinski definition) is 2. The number of pyridine rings is 1. The molecule has 0 aliphatic carbocycles. The first kappa shape index (κ1) is 22.3. The van der Waals surface area contributed by atoms with E-state index >= 15 is 0 Å². The van der Waals surface area contributed by atoms with Crippen molar-refractivity contribution in [2.24, 2.45) is 5.41 Å². The van der Waals surface area contributed by atoms with Gasteiger partial charge in [0.1, 0.15) is 5.41 Å². The van der Waals surface area contributed by atoms with E-state index in [1.165, 1.54) is 0 Å². The number of carboxylic acid groups (broad SMARTS) is 1. The molecule has 0 aliphatic rings. The molecule has 0 spiro atoms. The molecule has 0 bridgehead atoms. The van der Waals surface area contributed by atoms with Crippen LogP contribution in [0.1, 0.15) is 33.3 Å². The standard InChI is InChI=1S/C26H26N4O3/c1-25(2,24(31)32)12-11-20-6-5-13-30-23(20)22(15-28-30)19-9-7-18(8-10-19)21-14-27-29(16-21)17-26(3,4)33/h5-10,13-16,33H,17H2,1-4H3,(H,31,32). The van der Waals surface area contributed by atoms with Crippen molar-refractivity contribution in [3.63, 3.8) is 0 Å². The van der Waals surface area contributed by atoms with Gasteiger partial charge in [-0.2, -0.15) is 10.2 Å². The number of carbonyl (C=O) groups is 1. The molecule has 0 aliphatic heterocycles. The molecule has 4 rings (SSSR count). The van der Waals surface area contributed by atoms with Crippen LogP contribution >= 0.6 is 0 Å². The van der Waals surface area contributed by atoms with Crippen LogP contribution in [0.3, 0.4) is 0 Å². The van der Waals surface area contributed by atoms with Crippen LogP contribution in [0, 0.1) is 17.3 Å². The molecule has 0 unspecified atom stereocenters. The average molecular weight is 443 g/mol. The highest BCUT2D eigenvalue weighted by Crippen LogP contribution is 2.29. The SMILES string of the molecule is CC(C)(O)Cn1cc(-c2ccc(-c3cnn4cccc(C#CC(C)(C)C(=O)O)c34)cc2)cn1. The average Bonchev–Trinajstić information content (AvgIpc) is 3.38. The van der Waals surface area contributed by atoms with E-state index in [2.05, 4.69) is 22.0 Å². The van der Waals surface area contributed by atoms with Gasteiger partial charge in [-0.05, 0) is 51.0 Å². The van der Waals surface area contributed by atoms with E-state index < -0.39 is 17.0 Å². The molecule has 0 saturated carbocycles. The molecule has 0 amide bonds. The molecule has 0 radical (unpaired) electrons. The van der Waals surface area contributed by atoms with Crippen LogP contribution in [0.5, 0.6) is 0 Å². The van der Waals surface area contributed by atoms with Crippen LogP contribution in [0.4, 0.5) is 0 Å². The Morgan fingerprint density at radius 3 is 2.36 bits per heavy atom. The summed E-state index contributed by atoms with van der Waals surface area (Å²) in [5, 5.41) is 28.2. The molecular weight excluding hydrogens is 416 g/mol. The van der Waals surface area contributed by atoms with Crippen molar-refractivity contribution < 1.29 is 15.0 Å². The zero-order chi connectivity index (χ0) is 23.8. The summed E-state index contributed by atoms with van der Waals surface area (Å²) in [4.78, 5) is 11.4. The molecule has 1 aromatic carbocycles. The quantitative estimate of drug-likeness (QED) is 0.454. The van der Waals surface area contributed by atoms with Crippen LogP contribution in [0.2, 0.25) is 0 Å². The van der Waals surface area contributed by atoms with Gasteiger partial charge in [0.05, 0.1) is 35.6 Å². The zero-order valence-corrected chi connectivity index (χ0v) is 19.1. The largest absolute Gasteiger partial charge is 0.480 e. The molecule has 0 atom stereocenters. The van der Waals surface area contributed by atoms with Gasteiger partial charge in [-0.15, -0.1) is 0 Å². The molecule has 7 heteroatoms. The van der Waals surface area contributed by atoms with Crippen LogP contribution in [0.25, 0.3) is 27.8 Å². The van der Waals surface area contributed by atoms with Gasteiger partial charge in [-0.25, -0.2) is 4.52 Å². The number of aliphatic carboxylic acids is 1. The number of hydrogen-bond acceptors (Lipinski definition) is 4. The molecule has 4 aromatic rings. The lowest BCUT2D eigenvalue weighted by molar-refractivity contribution is -0.143. The predicted molar refractivity (Wildman–Crippen MR) is 126 cm³/mol. The number of nitrogens with zero attached hydrogens (tertiary/aromatic N) is 4. The number of aromatic nitrogens is 4. The fourth-order valence-corrected chi connectivity index (χ4v) is 3.47. The summed E-state index contributed by atoms with van der Waals surface area (Å²) in [5.74, 6) is 4.95. The Kier molecular flexibility index (Phi) is 5.56. The maximum absolute atomic E-state index is 11.4. The number of rotatable bonds is 5. The third kappa shape index (κ3) is 4.81. The highest BCUT2D eigenvalue weighted by atomic mass is 16.4. The minimum absolute atomic E-state index is 0.413. The molecular formula is C26H26N4O3. The first-order valence-corrected chi connectivity index (χ1v) is 10.6. The van der Waals surface area contributed by atoms with Gasteiger partial charge in [0.15, 0.2) is 0 Å². The summed E-state index contributed by atoms with van der Waals surface area (Å²) >= 11 is 0. The van der Waals surface area contributed by atoms with Gasteiger partial charge in [0.2, 0.25) is 0 Å². The molecule has 3 heterocycles. The maximum Gasteiger partial charge on any atom is 0.321 e.